The Morgan fingerprint density at radius 3 is 2.78 bits per heavy atom. The molecule has 0 amide bonds. The van der Waals surface area contributed by atoms with E-state index < -0.39 is 0 Å². The summed E-state index contributed by atoms with van der Waals surface area (Å²) in [6.07, 6.45) is 6.74. The van der Waals surface area contributed by atoms with E-state index in [0.29, 0.717) is 12.3 Å². The molecule has 0 bridgehead atoms. The van der Waals surface area contributed by atoms with Gasteiger partial charge >= 0.3 is 0 Å². The minimum Gasteiger partial charge on any atom is -0.508 e. The van der Waals surface area contributed by atoms with E-state index >= 15 is 0 Å². The standard InChI is InChI=1S/C17H27N3OS.HI/c1-3-18-17(19-10-11-22-2)20-12-15-14-7-5-4-6-13(14)8-9-16(15)21;/h8-9,21H,3-7,10-12H2,1-2H3,(H2,18,19,20);1H. The van der Waals surface area contributed by atoms with Gasteiger partial charge in [-0.25, -0.2) is 4.99 Å². The molecule has 1 aromatic carbocycles. The lowest BCUT2D eigenvalue weighted by Crippen LogP contribution is -2.38. The average molecular weight is 449 g/mol. The number of hydrogen-bond donors (Lipinski definition) is 3. The molecule has 0 heterocycles. The highest BCUT2D eigenvalue weighted by Crippen LogP contribution is 2.30. The Morgan fingerprint density at radius 2 is 2.04 bits per heavy atom. The monoisotopic (exact) mass is 449 g/mol. The van der Waals surface area contributed by atoms with Gasteiger partial charge in [0.1, 0.15) is 5.75 Å². The summed E-state index contributed by atoms with van der Waals surface area (Å²) in [5.41, 5.74) is 3.70. The number of nitrogens with zero attached hydrogens (tertiary/aromatic N) is 1. The summed E-state index contributed by atoms with van der Waals surface area (Å²) >= 11 is 1.81. The minimum atomic E-state index is 0. The van der Waals surface area contributed by atoms with Crippen LogP contribution in [0.4, 0.5) is 0 Å². The first-order valence-electron chi connectivity index (χ1n) is 8.10. The minimum absolute atomic E-state index is 0. The highest BCUT2D eigenvalue weighted by atomic mass is 127. The Hall–Kier alpha value is -0.630. The molecule has 1 aromatic rings. The third-order valence-corrected chi connectivity index (χ3v) is 4.58. The number of halogens is 1. The molecule has 1 aliphatic carbocycles. The van der Waals surface area contributed by atoms with E-state index in [-0.39, 0.29) is 24.0 Å². The summed E-state index contributed by atoms with van der Waals surface area (Å²) in [6, 6.07) is 3.89. The number of guanidine groups is 1. The Balaban J connectivity index is 0.00000264. The van der Waals surface area contributed by atoms with Crippen LogP contribution < -0.4 is 10.6 Å². The summed E-state index contributed by atoms with van der Waals surface area (Å²) < 4.78 is 0. The fraction of sp³-hybridized carbons (Fsp3) is 0.588. The average Bonchev–Trinajstić information content (AvgIpc) is 2.54. The van der Waals surface area contributed by atoms with Crippen molar-refractivity contribution in [2.24, 2.45) is 4.99 Å². The molecule has 0 saturated heterocycles. The number of fused-ring (bicyclic) bond motifs is 1. The molecule has 0 saturated carbocycles. The smallest absolute Gasteiger partial charge is 0.191 e. The van der Waals surface area contributed by atoms with Gasteiger partial charge in [-0.15, -0.1) is 24.0 Å². The second-order valence-electron chi connectivity index (χ2n) is 5.52. The zero-order chi connectivity index (χ0) is 15.8. The van der Waals surface area contributed by atoms with Gasteiger partial charge in [-0.2, -0.15) is 11.8 Å². The van der Waals surface area contributed by atoms with E-state index in [9.17, 15) is 5.11 Å². The van der Waals surface area contributed by atoms with Gasteiger partial charge in [-0.05, 0) is 56.1 Å². The van der Waals surface area contributed by atoms with Crippen LogP contribution in [-0.4, -0.2) is 36.2 Å². The summed E-state index contributed by atoms with van der Waals surface area (Å²) in [4.78, 5) is 4.65. The van der Waals surface area contributed by atoms with Crippen molar-refractivity contribution in [2.45, 2.75) is 39.2 Å². The number of aliphatic imine (C=N–C) groups is 1. The van der Waals surface area contributed by atoms with Crippen LogP contribution >= 0.6 is 35.7 Å². The van der Waals surface area contributed by atoms with Crippen molar-refractivity contribution in [3.05, 3.63) is 28.8 Å². The molecule has 0 spiro atoms. The van der Waals surface area contributed by atoms with Gasteiger partial charge in [-0.1, -0.05) is 6.07 Å². The Labute approximate surface area is 160 Å². The Bertz CT molecular complexity index is 523. The topological polar surface area (TPSA) is 56.7 Å². The van der Waals surface area contributed by atoms with E-state index in [1.807, 2.05) is 17.8 Å². The van der Waals surface area contributed by atoms with Crippen molar-refractivity contribution < 1.29 is 5.11 Å². The van der Waals surface area contributed by atoms with Gasteiger partial charge in [0.25, 0.3) is 0 Å². The number of aryl methyl sites for hydroxylation is 1. The molecule has 0 aromatic heterocycles. The molecule has 0 atom stereocenters. The van der Waals surface area contributed by atoms with Crippen LogP contribution in [0.2, 0.25) is 0 Å². The summed E-state index contributed by atoms with van der Waals surface area (Å²) in [5.74, 6) is 2.25. The number of phenolic OH excluding ortho intramolecular Hbond substituents is 1. The molecular formula is C17H28IN3OS. The lowest BCUT2D eigenvalue weighted by Gasteiger charge is -2.20. The van der Waals surface area contributed by atoms with Gasteiger partial charge in [0, 0.05) is 24.4 Å². The Morgan fingerprint density at radius 1 is 1.26 bits per heavy atom. The van der Waals surface area contributed by atoms with E-state index in [2.05, 4.69) is 34.9 Å². The summed E-state index contributed by atoms with van der Waals surface area (Å²) in [5, 5.41) is 16.8. The molecule has 23 heavy (non-hydrogen) atoms. The van der Waals surface area contributed by atoms with Crippen LogP contribution in [0, 0.1) is 0 Å². The van der Waals surface area contributed by atoms with Gasteiger partial charge in [0.2, 0.25) is 0 Å². The van der Waals surface area contributed by atoms with Crippen LogP contribution in [-0.2, 0) is 19.4 Å². The van der Waals surface area contributed by atoms with E-state index in [0.717, 1.165) is 43.2 Å². The number of hydrogen-bond acceptors (Lipinski definition) is 3. The van der Waals surface area contributed by atoms with Gasteiger partial charge in [-0.3, -0.25) is 0 Å². The third-order valence-electron chi connectivity index (χ3n) is 3.96. The number of phenols is 1. The lowest BCUT2D eigenvalue weighted by atomic mass is 9.88. The molecule has 6 heteroatoms. The van der Waals surface area contributed by atoms with E-state index in [1.165, 1.54) is 24.0 Å². The molecular weight excluding hydrogens is 421 g/mol. The van der Waals surface area contributed by atoms with Gasteiger partial charge in [0.05, 0.1) is 6.54 Å². The first-order valence-corrected chi connectivity index (χ1v) is 9.49. The maximum Gasteiger partial charge on any atom is 0.191 e. The van der Waals surface area contributed by atoms with Crippen LogP contribution in [0.1, 0.15) is 36.5 Å². The van der Waals surface area contributed by atoms with Crippen LogP contribution in [0.3, 0.4) is 0 Å². The molecule has 1 aliphatic rings. The largest absolute Gasteiger partial charge is 0.508 e. The van der Waals surface area contributed by atoms with E-state index in [4.69, 9.17) is 0 Å². The zero-order valence-corrected chi connectivity index (χ0v) is 17.2. The van der Waals surface area contributed by atoms with Crippen LogP contribution in [0.5, 0.6) is 5.75 Å². The predicted molar refractivity (Wildman–Crippen MR) is 111 cm³/mol. The number of thioether (sulfide) groups is 1. The molecule has 2 rings (SSSR count). The normalized spacial score (nSPS) is 13.9. The molecule has 0 unspecified atom stereocenters. The van der Waals surface area contributed by atoms with Crippen LogP contribution in [0.25, 0.3) is 0 Å². The van der Waals surface area contributed by atoms with Crippen molar-refractivity contribution in [2.75, 3.05) is 25.1 Å². The fourth-order valence-corrected chi connectivity index (χ4v) is 3.15. The molecule has 0 fully saturated rings. The number of aromatic hydroxyl groups is 1. The second kappa shape index (κ2) is 11.0. The van der Waals surface area contributed by atoms with Gasteiger partial charge < -0.3 is 15.7 Å². The highest BCUT2D eigenvalue weighted by molar-refractivity contribution is 14.0. The molecule has 130 valence electrons. The van der Waals surface area contributed by atoms with Gasteiger partial charge in [0.15, 0.2) is 5.96 Å². The fourth-order valence-electron chi connectivity index (χ4n) is 2.84. The molecule has 0 aliphatic heterocycles. The van der Waals surface area contributed by atoms with Crippen molar-refractivity contribution in [3.63, 3.8) is 0 Å². The van der Waals surface area contributed by atoms with Crippen molar-refractivity contribution >= 4 is 41.7 Å². The quantitative estimate of drug-likeness (QED) is 0.270. The number of rotatable bonds is 6. The number of nitrogens with one attached hydrogen (secondary N) is 2. The van der Waals surface area contributed by atoms with E-state index in [1.54, 1.807) is 0 Å². The highest BCUT2D eigenvalue weighted by Gasteiger charge is 2.16. The van der Waals surface area contributed by atoms with Crippen molar-refractivity contribution in [3.8, 4) is 5.75 Å². The molecule has 3 N–H and O–H groups in total. The summed E-state index contributed by atoms with van der Waals surface area (Å²) in [7, 11) is 0. The predicted octanol–water partition coefficient (Wildman–Crippen LogP) is 3.31. The maximum atomic E-state index is 10.2. The molecule has 0 radical (unpaired) electrons. The maximum absolute atomic E-state index is 10.2. The first-order chi connectivity index (χ1) is 10.8. The van der Waals surface area contributed by atoms with Crippen LogP contribution in [0.15, 0.2) is 17.1 Å². The number of benzene rings is 1. The second-order valence-corrected chi connectivity index (χ2v) is 6.51. The molecule has 4 nitrogen and oxygen atoms in total. The SMILES string of the molecule is CCNC(=NCc1c(O)ccc2c1CCCC2)NCCSC.I. The van der Waals surface area contributed by atoms with Crippen molar-refractivity contribution in [1.29, 1.82) is 0 Å². The third kappa shape index (κ3) is 6.06. The summed E-state index contributed by atoms with van der Waals surface area (Å²) in [6.45, 7) is 4.33. The Kier molecular flexibility index (Phi) is 9.78. The van der Waals surface area contributed by atoms with Crippen molar-refractivity contribution in [1.82, 2.24) is 10.6 Å². The first kappa shape index (κ1) is 20.4. The lowest BCUT2D eigenvalue weighted by molar-refractivity contribution is 0.465. The zero-order valence-electron chi connectivity index (χ0n) is 14.0.